The number of benzene rings is 2. The van der Waals surface area contributed by atoms with Gasteiger partial charge in [-0.05, 0) is 57.2 Å². The van der Waals surface area contributed by atoms with Gasteiger partial charge in [0.2, 0.25) is 0 Å². The van der Waals surface area contributed by atoms with E-state index in [0.717, 1.165) is 0 Å². The highest BCUT2D eigenvalue weighted by atomic mass is 19.1. The first-order valence-corrected chi connectivity index (χ1v) is 8.79. The minimum absolute atomic E-state index is 0.0938. The molecule has 0 saturated heterocycles. The van der Waals surface area contributed by atoms with Crippen LogP contribution in [0.4, 0.5) is 15.8 Å². The van der Waals surface area contributed by atoms with E-state index in [1.165, 1.54) is 30.3 Å². The third-order valence-corrected chi connectivity index (χ3v) is 3.53. The van der Waals surface area contributed by atoms with E-state index in [2.05, 4.69) is 10.6 Å². The van der Waals surface area contributed by atoms with Crippen molar-refractivity contribution < 1.29 is 28.6 Å². The fourth-order valence-electron chi connectivity index (χ4n) is 2.43. The van der Waals surface area contributed by atoms with Gasteiger partial charge >= 0.3 is 5.97 Å². The molecule has 0 heterocycles. The van der Waals surface area contributed by atoms with Crippen LogP contribution < -0.4 is 20.1 Å². The van der Waals surface area contributed by atoms with Gasteiger partial charge in [0.15, 0.2) is 18.1 Å². The highest BCUT2D eigenvalue weighted by Gasteiger charge is 2.15. The summed E-state index contributed by atoms with van der Waals surface area (Å²) in [5.74, 6) is -1.61. The van der Waals surface area contributed by atoms with E-state index in [0.29, 0.717) is 18.0 Å². The predicted molar refractivity (Wildman–Crippen MR) is 104 cm³/mol. The zero-order valence-electron chi connectivity index (χ0n) is 15.9. The number of anilines is 2. The second-order valence-corrected chi connectivity index (χ2v) is 6.22. The van der Waals surface area contributed by atoms with E-state index in [-0.39, 0.29) is 23.1 Å². The monoisotopic (exact) mass is 390 g/mol. The molecule has 28 heavy (non-hydrogen) atoms. The SMILES string of the molecule is CCOc1cc(C(=O)Nc2cc(F)ccc2NC(C)C)ccc1OCC(=O)O. The van der Waals surface area contributed by atoms with Gasteiger partial charge in [-0.15, -0.1) is 0 Å². The number of ether oxygens (including phenoxy) is 2. The lowest BCUT2D eigenvalue weighted by Gasteiger charge is -2.16. The molecule has 0 aliphatic heterocycles. The van der Waals surface area contributed by atoms with E-state index < -0.39 is 24.3 Å². The standard InChI is InChI=1S/C20H23FN2O5/c1-4-27-18-9-13(5-8-17(18)28-11-19(24)25)20(26)23-16-10-14(21)6-7-15(16)22-12(2)3/h5-10,12,22H,4,11H2,1-3H3,(H,23,26)(H,24,25). The molecule has 0 aromatic heterocycles. The van der Waals surface area contributed by atoms with E-state index in [9.17, 15) is 14.0 Å². The largest absolute Gasteiger partial charge is 0.490 e. The fraction of sp³-hybridized carbons (Fsp3) is 0.300. The number of rotatable bonds is 9. The number of carboxylic acids is 1. The van der Waals surface area contributed by atoms with Crippen LogP contribution in [0.2, 0.25) is 0 Å². The molecule has 150 valence electrons. The molecule has 0 unspecified atom stereocenters. The molecule has 0 atom stereocenters. The average Bonchev–Trinajstić information content (AvgIpc) is 2.62. The molecule has 7 nitrogen and oxygen atoms in total. The van der Waals surface area contributed by atoms with Crippen LogP contribution >= 0.6 is 0 Å². The zero-order chi connectivity index (χ0) is 20.7. The van der Waals surface area contributed by atoms with Crippen LogP contribution in [0.3, 0.4) is 0 Å². The van der Waals surface area contributed by atoms with Crippen LogP contribution in [0.1, 0.15) is 31.1 Å². The van der Waals surface area contributed by atoms with Gasteiger partial charge in [0.25, 0.3) is 5.91 Å². The summed E-state index contributed by atoms with van der Waals surface area (Å²) in [6, 6.07) is 8.57. The molecule has 8 heteroatoms. The first-order chi connectivity index (χ1) is 13.3. The lowest BCUT2D eigenvalue weighted by Crippen LogP contribution is -2.17. The number of carboxylic acid groups (broad SMARTS) is 1. The number of hydrogen-bond acceptors (Lipinski definition) is 5. The van der Waals surface area contributed by atoms with Crippen molar-refractivity contribution in [1.29, 1.82) is 0 Å². The Hall–Kier alpha value is -3.29. The van der Waals surface area contributed by atoms with Crippen molar-refractivity contribution >= 4 is 23.3 Å². The van der Waals surface area contributed by atoms with Gasteiger partial charge in [-0.25, -0.2) is 9.18 Å². The van der Waals surface area contributed by atoms with Crippen molar-refractivity contribution in [3.05, 3.63) is 47.8 Å². The Morgan fingerprint density at radius 3 is 2.46 bits per heavy atom. The quantitative estimate of drug-likeness (QED) is 0.603. The Morgan fingerprint density at radius 1 is 1.07 bits per heavy atom. The summed E-state index contributed by atoms with van der Waals surface area (Å²) in [7, 11) is 0. The molecular weight excluding hydrogens is 367 g/mol. The van der Waals surface area contributed by atoms with Crippen molar-refractivity contribution in [3.63, 3.8) is 0 Å². The van der Waals surface area contributed by atoms with Crippen molar-refractivity contribution in [2.75, 3.05) is 23.8 Å². The van der Waals surface area contributed by atoms with Crippen molar-refractivity contribution in [3.8, 4) is 11.5 Å². The van der Waals surface area contributed by atoms with Crippen molar-refractivity contribution in [2.45, 2.75) is 26.8 Å². The molecule has 2 aromatic rings. The van der Waals surface area contributed by atoms with E-state index in [1.807, 2.05) is 13.8 Å². The van der Waals surface area contributed by atoms with Gasteiger partial charge in [0.1, 0.15) is 5.82 Å². The summed E-state index contributed by atoms with van der Waals surface area (Å²) in [6.07, 6.45) is 0. The number of amides is 1. The van der Waals surface area contributed by atoms with E-state index >= 15 is 0 Å². The molecule has 2 rings (SSSR count). The highest BCUT2D eigenvalue weighted by molar-refractivity contribution is 6.06. The van der Waals surface area contributed by atoms with Crippen LogP contribution in [-0.2, 0) is 4.79 Å². The van der Waals surface area contributed by atoms with Crippen LogP contribution in [-0.4, -0.2) is 36.2 Å². The molecule has 2 aromatic carbocycles. The first kappa shape index (κ1) is 21.0. The van der Waals surface area contributed by atoms with Gasteiger partial charge in [-0.3, -0.25) is 4.79 Å². The predicted octanol–water partition coefficient (Wildman–Crippen LogP) is 3.76. The normalized spacial score (nSPS) is 10.5. The summed E-state index contributed by atoms with van der Waals surface area (Å²) in [5.41, 5.74) is 1.16. The fourth-order valence-corrected chi connectivity index (χ4v) is 2.43. The Balaban J connectivity index is 2.25. The Bertz CT molecular complexity index is 854. The molecular formula is C20H23FN2O5. The molecule has 0 aliphatic rings. The number of aliphatic carboxylic acids is 1. The number of halogens is 1. The number of nitrogens with one attached hydrogen (secondary N) is 2. The van der Waals surface area contributed by atoms with Gasteiger partial charge < -0.3 is 25.2 Å². The summed E-state index contributed by atoms with van der Waals surface area (Å²) >= 11 is 0. The first-order valence-electron chi connectivity index (χ1n) is 8.79. The molecule has 0 saturated carbocycles. The Morgan fingerprint density at radius 2 is 1.82 bits per heavy atom. The minimum Gasteiger partial charge on any atom is -0.490 e. The number of carbonyl (C=O) groups excluding carboxylic acids is 1. The van der Waals surface area contributed by atoms with Crippen molar-refractivity contribution in [1.82, 2.24) is 0 Å². The molecule has 0 spiro atoms. The van der Waals surface area contributed by atoms with E-state index in [4.69, 9.17) is 14.6 Å². The average molecular weight is 390 g/mol. The Labute approximate surface area is 162 Å². The van der Waals surface area contributed by atoms with Gasteiger partial charge in [-0.1, -0.05) is 0 Å². The molecule has 0 aliphatic carbocycles. The van der Waals surface area contributed by atoms with Crippen LogP contribution in [0.25, 0.3) is 0 Å². The smallest absolute Gasteiger partial charge is 0.341 e. The molecule has 3 N–H and O–H groups in total. The van der Waals surface area contributed by atoms with Gasteiger partial charge in [0, 0.05) is 11.6 Å². The summed E-state index contributed by atoms with van der Waals surface area (Å²) in [4.78, 5) is 23.3. The van der Waals surface area contributed by atoms with Crippen LogP contribution in [0.15, 0.2) is 36.4 Å². The lowest BCUT2D eigenvalue weighted by atomic mass is 10.1. The maximum absolute atomic E-state index is 13.6. The maximum Gasteiger partial charge on any atom is 0.341 e. The summed E-state index contributed by atoms with van der Waals surface area (Å²) in [6.45, 7) is 5.39. The van der Waals surface area contributed by atoms with E-state index in [1.54, 1.807) is 13.0 Å². The third kappa shape index (κ3) is 5.87. The maximum atomic E-state index is 13.6. The molecule has 0 radical (unpaired) electrons. The second-order valence-electron chi connectivity index (χ2n) is 6.22. The number of hydrogen-bond donors (Lipinski definition) is 3. The van der Waals surface area contributed by atoms with Crippen LogP contribution in [0, 0.1) is 5.82 Å². The van der Waals surface area contributed by atoms with Crippen LogP contribution in [0.5, 0.6) is 11.5 Å². The highest BCUT2D eigenvalue weighted by Crippen LogP contribution is 2.30. The van der Waals surface area contributed by atoms with Gasteiger partial charge in [-0.2, -0.15) is 0 Å². The minimum atomic E-state index is -1.12. The third-order valence-electron chi connectivity index (χ3n) is 3.53. The summed E-state index contributed by atoms with van der Waals surface area (Å²) < 4.78 is 24.2. The lowest BCUT2D eigenvalue weighted by molar-refractivity contribution is -0.139. The van der Waals surface area contributed by atoms with Gasteiger partial charge in [0.05, 0.1) is 18.0 Å². The molecule has 0 bridgehead atoms. The Kier molecular flexibility index (Phi) is 7.20. The second kappa shape index (κ2) is 9.59. The zero-order valence-corrected chi connectivity index (χ0v) is 15.9. The number of carbonyl (C=O) groups is 2. The summed E-state index contributed by atoms with van der Waals surface area (Å²) in [5, 5.41) is 14.6. The topological polar surface area (TPSA) is 96.9 Å². The van der Waals surface area contributed by atoms with Crippen molar-refractivity contribution in [2.24, 2.45) is 0 Å². The molecule has 1 amide bonds. The molecule has 0 fully saturated rings.